The van der Waals surface area contributed by atoms with E-state index in [1.807, 2.05) is 0 Å². The minimum absolute atomic E-state index is 0.0367. The van der Waals surface area contributed by atoms with Crippen molar-refractivity contribution in [2.24, 2.45) is 27.2 Å². The van der Waals surface area contributed by atoms with Gasteiger partial charge in [0.25, 0.3) is 0 Å². The summed E-state index contributed by atoms with van der Waals surface area (Å²) in [6.07, 6.45) is 3.40. The van der Waals surface area contributed by atoms with Gasteiger partial charge in [-0.25, -0.2) is 4.99 Å². The third-order valence-electron chi connectivity index (χ3n) is 1.07. The molecule has 7 N–H and O–H groups in total. The molecule has 0 aromatic carbocycles. The second-order valence-corrected chi connectivity index (χ2v) is 2.08. The Morgan fingerprint density at radius 3 is 2.58 bits per heavy atom. The maximum atomic E-state index is 5.35. The monoisotopic (exact) mass is 166 g/mol. The molecule has 6 nitrogen and oxygen atoms in total. The third kappa shape index (κ3) is 2.33. The van der Waals surface area contributed by atoms with Gasteiger partial charge in [0, 0.05) is 12.4 Å². The summed E-state index contributed by atoms with van der Waals surface area (Å²) in [6.45, 7) is 0. The van der Waals surface area contributed by atoms with E-state index in [2.05, 4.69) is 15.0 Å². The molecule has 0 aliphatic heterocycles. The van der Waals surface area contributed by atoms with Gasteiger partial charge in [-0.1, -0.05) is 0 Å². The Kier molecular flexibility index (Phi) is 2.32. The number of rotatable bonds is 1. The zero-order valence-electron chi connectivity index (χ0n) is 6.36. The second-order valence-electron chi connectivity index (χ2n) is 2.08. The van der Waals surface area contributed by atoms with E-state index in [4.69, 9.17) is 17.2 Å². The third-order valence-corrected chi connectivity index (χ3v) is 1.07. The van der Waals surface area contributed by atoms with Crippen molar-refractivity contribution >= 4 is 17.6 Å². The van der Waals surface area contributed by atoms with Gasteiger partial charge in [-0.05, 0) is 6.07 Å². The molecule has 0 fully saturated rings. The molecule has 0 radical (unpaired) electrons. The molecule has 1 heterocycles. The molecule has 0 bridgehead atoms. The van der Waals surface area contributed by atoms with Crippen LogP contribution in [-0.4, -0.2) is 16.9 Å². The molecule has 0 saturated heterocycles. The van der Waals surface area contributed by atoms with Crippen molar-refractivity contribution < 1.29 is 0 Å². The van der Waals surface area contributed by atoms with Crippen LogP contribution in [0.1, 0.15) is 0 Å². The van der Waals surface area contributed by atoms with Crippen LogP contribution in [-0.2, 0) is 0 Å². The molecule has 1 aromatic rings. The first kappa shape index (κ1) is 8.12. The van der Waals surface area contributed by atoms with Crippen LogP contribution in [0.2, 0.25) is 0 Å². The molecule has 0 spiro atoms. The Bertz CT molecular complexity index is 292. The Balaban J connectivity index is 2.77. The molecular formula is C6H10N6. The van der Waals surface area contributed by atoms with Crippen molar-refractivity contribution in [1.29, 1.82) is 0 Å². The summed E-state index contributed by atoms with van der Waals surface area (Å²) in [6, 6.07) is 1.75. The van der Waals surface area contributed by atoms with Crippen LogP contribution < -0.4 is 17.2 Å². The molecule has 64 valence electrons. The van der Waals surface area contributed by atoms with Gasteiger partial charge in [0.15, 0.2) is 5.96 Å². The quantitative estimate of drug-likeness (QED) is 0.324. The zero-order chi connectivity index (χ0) is 8.97. The average molecular weight is 166 g/mol. The summed E-state index contributed by atoms with van der Waals surface area (Å²) in [5.74, 6) is -0.0682. The van der Waals surface area contributed by atoms with Crippen molar-refractivity contribution in [2.75, 3.05) is 0 Å². The largest absolute Gasteiger partial charge is 0.370 e. The standard InChI is InChI=1S/C6H10N6/c7-5(8)12-6(9)11-4-1-2-10-3-4/h1-3,10H,(H6,7,8,9,11,12). The highest BCUT2D eigenvalue weighted by atomic mass is 15.1. The average Bonchev–Trinajstić information content (AvgIpc) is 2.37. The van der Waals surface area contributed by atoms with Gasteiger partial charge in [0.2, 0.25) is 5.96 Å². The number of H-pyrrole nitrogens is 1. The highest BCUT2D eigenvalue weighted by molar-refractivity contribution is 5.93. The van der Waals surface area contributed by atoms with Crippen LogP contribution in [0, 0.1) is 0 Å². The summed E-state index contributed by atoms with van der Waals surface area (Å²) in [5.41, 5.74) is 16.2. The minimum atomic E-state index is -0.105. The molecular weight excluding hydrogens is 156 g/mol. The number of hydrogen-bond acceptors (Lipinski definition) is 1. The first-order valence-corrected chi connectivity index (χ1v) is 3.25. The van der Waals surface area contributed by atoms with Gasteiger partial charge in [0.05, 0.1) is 5.69 Å². The van der Waals surface area contributed by atoms with Gasteiger partial charge >= 0.3 is 0 Å². The van der Waals surface area contributed by atoms with Crippen LogP contribution in [0.25, 0.3) is 0 Å². The fraction of sp³-hybridized carbons (Fsp3) is 0. The molecule has 0 aliphatic rings. The van der Waals surface area contributed by atoms with E-state index in [1.165, 1.54) is 0 Å². The lowest BCUT2D eigenvalue weighted by atomic mass is 10.5. The van der Waals surface area contributed by atoms with Gasteiger partial charge < -0.3 is 22.2 Å². The normalized spacial score (nSPS) is 11.2. The number of nitrogens with two attached hydrogens (primary N) is 3. The van der Waals surface area contributed by atoms with Crippen LogP contribution in [0.5, 0.6) is 0 Å². The molecule has 1 aromatic heterocycles. The number of aromatic nitrogens is 1. The van der Waals surface area contributed by atoms with Crippen LogP contribution in [0.15, 0.2) is 28.4 Å². The van der Waals surface area contributed by atoms with Crippen molar-refractivity contribution in [3.05, 3.63) is 18.5 Å². The number of hydrogen-bond donors (Lipinski definition) is 4. The summed E-state index contributed by atoms with van der Waals surface area (Å²) in [5, 5.41) is 0. The highest BCUT2D eigenvalue weighted by Gasteiger charge is 1.90. The first-order chi connectivity index (χ1) is 5.68. The smallest absolute Gasteiger partial charge is 0.223 e. The zero-order valence-corrected chi connectivity index (χ0v) is 6.36. The number of aliphatic imine (C=N–C) groups is 2. The van der Waals surface area contributed by atoms with E-state index in [0.717, 1.165) is 0 Å². The van der Waals surface area contributed by atoms with Gasteiger partial charge in [-0.3, -0.25) is 0 Å². The number of guanidine groups is 2. The van der Waals surface area contributed by atoms with E-state index in [-0.39, 0.29) is 11.9 Å². The Morgan fingerprint density at radius 2 is 2.08 bits per heavy atom. The van der Waals surface area contributed by atoms with E-state index in [0.29, 0.717) is 5.69 Å². The fourth-order valence-electron chi connectivity index (χ4n) is 0.674. The van der Waals surface area contributed by atoms with Gasteiger partial charge in [-0.2, -0.15) is 4.99 Å². The summed E-state index contributed by atoms with van der Waals surface area (Å²) >= 11 is 0. The SMILES string of the molecule is NC(N)=NC(N)=Nc1cc[nH]c1. The van der Waals surface area contributed by atoms with Crippen molar-refractivity contribution in [3.8, 4) is 0 Å². The Morgan fingerprint density at radius 1 is 1.33 bits per heavy atom. The summed E-state index contributed by atoms with van der Waals surface area (Å²) in [4.78, 5) is 10.2. The predicted octanol–water partition coefficient (Wildman–Crippen LogP) is -0.766. The maximum Gasteiger partial charge on any atom is 0.223 e. The molecule has 0 aliphatic carbocycles. The molecule has 6 heteroatoms. The van der Waals surface area contributed by atoms with Crippen LogP contribution in [0.3, 0.4) is 0 Å². The molecule has 0 amide bonds. The topological polar surface area (TPSA) is 119 Å². The number of nitrogens with zero attached hydrogens (tertiary/aromatic N) is 2. The lowest BCUT2D eigenvalue weighted by Crippen LogP contribution is -2.26. The van der Waals surface area contributed by atoms with Crippen molar-refractivity contribution in [1.82, 2.24) is 4.98 Å². The Hall–Kier alpha value is -1.98. The predicted molar refractivity (Wildman–Crippen MR) is 47.9 cm³/mol. The molecule has 0 atom stereocenters. The number of aromatic amines is 1. The van der Waals surface area contributed by atoms with Crippen molar-refractivity contribution in [2.45, 2.75) is 0 Å². The van der Waals surface area contributed by atoms with Gasteiger partial charge in [-0.15, -0.1) is 0 Å². The van der Waals surface area contributed by atoms with E-state index >= 15 is 0 Å². The van der Waals surface area contributed by atoms with Crippen LogP contribution in [0.4, 0.5) is 5.69 Å². The van der Waals surface area contributed by atoms with E-state index < -0.39 is 0 Å². The lowest BCUT2D eigenvalue weighted by molar-refractivity contribution is 1.37. The fourth-order valence-corrected chi connectivity index (χ4v) is 0.674. The summed E-state index contributed by atoms with van der Waals surface area (Å²) in [7, 11) is 0. The summed E-state index contributed by atoms with van der Waals surface area (Å²) < 4.78 is 0. The molecule has 0 saturated carbocycles. The minimum Gasteiger partial charge on any atom is -0.370 e. The van der Waals surface area contributed by atoms with Crippen molar-refractivity contribution in [3.63, 3.8) is 0 Å². The molecule has 12 heavy (non-hydrogen) atoms. The maximum absolute atomic E-state index is 5.35. The van der Waals surface area contributed by atoms with E-state index in [9.17, 15) is 0 Å². The molecule has 1 rings (SSSR count). The lowest BCUT2D eigenvalue weighted by Gasteiger charge is -1.91. The van der Waals surface area contributed by atoms with Gasteiger partial charge in [0.1, 0.15) is 0 Å². The first-order valence-electron chi connectivity index (χ1n) is 3.25. The number of nitrogens with one attached hydrogen (secondary N) is 1. The van der Waals surface area contributed by atoms with E-state index in [1.54, 1.807) is 18.5 Å². The molecule has 0 unspecified atom stereocenters. The second kappa shape index (κ2) is 3.42. The Labute approximate surface area is 69.2 Å². The highest BCUT2D eigenvalue weighted by Crippen LogP contribution is 2.07. The van der Waals surface area contributed by atoms with Crippen LogP contribution >= 0.6 is 0 Å².